The lowest BCUT2D eigenvalue weighted by atomic mass is 9.89. The van der Waals surface area contributed by atoms with Crippen molar-refractivity contribution in [2.75, 3.05) is 29.6 Å². The normalized spacial score (nSPS) is 23.7. The number of hydrogen-bond donors (Lipinski definition) is 1. The summed E-state index contributed by atoms with van der Waals surface area (Å²) in [5.41, 5.74) is -1.22. The van der Waals surface area contributed by atoms with Gasteiger partial charge in [-0.15, -0.1) is 33.3 Å². The van der Waals surface area contributed by atoms with Gasteiger partial charge in [-0.3, -0.25) is 23.9 Å². The van der Waals surface area contributed by atoms with Crippen molar-refractivity contribution in [1.82, 2.24) is 19.7 Å². The van der Waals surface area contributed by atoms with Crippen LogP contribution < -0.4 is 4.90 Å². The second-order valence-electron chi connectivity index (χ2n) is 7.91. The summed E-state index contributed by atoms with van der Waals surface area (Å²) < 4.78 is 6.42. The summed E-state index contributed by atoms with van der Waals surface area (Å²) in [6.07, 6.45) is 0. The van der Waals surface area contributed by atoms with Crippen molar-refractivity contribution in [1.29, 1.82) is 0 Å². The van der Waals surface area contributed by atoms with E-state index >= 15 is 0 Å². The minimum atomic E-state index is -1.22. The molecule has 0 radical (unpaired) electrons. The second-order valence-corrected chi connectivity index (χ2v) is 10.9. The number of hydrogen-bond acceptors (Lipinski definition) is 10. The molecule has 0 aliphatic carbocycles. The molecule has 14 heteroatoms. The molecule has 2 aliphatic heterocycles. The minimum Gasteiger partial charge on any atom is -0.481 e. The zero-order valence-corrected chi connectivity index (χ0v) is 21.1. The third kappa shape index (κ3) is 4.18. The van der Waals surface area contributed by atoms with E-state index in [9.17, 15) is 24.3 Å². The molecule has 182 valence electrons. The number of thioether (sulfide) groups is 2. The summed E-state index contributed by atoms with van der Waals surface area (Å²) in [6, 6.07) is 2.96. The highest BCUT2D eigenvalue weighted by Gasteiger charge is 2.59. The Kier molecular flexibility index (Phi) is 6.92. The molecule has 1 N–H and O–H groups in total. The van der Waals surface area contributed by atoms with Crippen LogP contribution in [0.1, 0.15) is 24.5 Å². The summed E-state index contributed by atoms with van der Waals surface area (Å²) in [6.45, 7) is 3.34. The maximum Gasteiger partial charge on any atom is 0.376 e. The first-order valence-electron chi connectivity index (χ1n) is 10.4. The van der Waals surface area contributed by atoms with Gasteiger partial charge in [0.25, 0.3) is 0 Å². The molecule has 2 amide bonds. The van der Waals surface area contributed by atoms with Gasteiger partial charge >= 0.3 is 11.9 Å². The fourth-order valence-corrected chi connectivity index (χ4v) is 7.52. The number of thiophene rings is 1. The van der Waals surface area contributed by atoms with Crippen molar-refractivity contribution in [3.05, 3.63) is 23.3 Å². The van der Waals surface area contributed by atoms with Crippen molar-refractivity contribution >= 4 is 63.6 Å². The smallest absolute Gasteiger partial charge is 0.376 e. The van der Waals surface area contributed by atoms with Gasteiger partial charge in [0.1, 0.15) is 16.8 Å². The van der Waals surface area contributed by atoms with Crippen LogP contribution in [0.2, 0.25) is 0 Å². The van der Waals surface area contributed by atoms with Crippen LogP contribution in [0.25, 0.3) is 0 Å². The van der Waals surface area contributed by atoms with E-state index in [1.807, 2.05) is 11.4 Å². The molecule has 11 nitrogen and oxygen atoms in total. The van der Waals surface area contributed by atoms with Crippen molar-refractivity contribution in [3.63, 3.8) is 0 Å². The Labute approximate surface area is 207 Å². The quantitative estimate of drug-likeness (QED) is 0.307. The molecule has 2 fully saturated rings. The largest absolute Gasteiger partial charge is 0.481 e. The lowest BCUT2D eigenvalue weighted by molar-refractivity contribution is -0.156. The van der Waals surface area contributed by atoms with Gasteiger partial charge < -0.3 is 14.7 Å². The van der Waals surface area contributed by atoms with E-state index in [1.165, 1.54) is 44.4 Å². The molecule has 0 bridgehead atoms. The molecular weight excluding hydrogens is 502 g/mol. The van der Waals surface area contributed by atoms with E-state index in [4.69, 9.17) is 4.74 Å². The van der Waals surface area contributed by atoms with Gasteiger partial charge in [-0.2, -0.15) is 0 Å². The molecule has 2 unspecified atom stereocenters. The highest BCUT2D eigenvalue weighted by molar-refractivity contribution is 8.00. The molecule has 0 saturated carbocycles. The van der Waals surface area contributed by atoms with Crippen LogP contribution in [-0.4, -0.2) is 84.6 Å². The number of carboxylic acids is 1. The van der Waals surface area contributed by atoms with E-state index in [0.717, 1.165) is 11.8 Å². The molecule has 4 heterocycles. The van der Waals surface area contributed by atoms with Crippen LogP contribution in [0.3, 0.4) is 0 Å². The molecule has 34 heavy (non-hydrogen) atoms. The molecule has 0 spiro atoms. The zero-order valence-electron chi connectivity index (χ0n) is 18.7. The Morgan fingerprint density at radius 1 is 1.38 bits per heavy atom. The SMILES string of the molecule is CCOC(=O)c1nnc(SCC2(C(=O)O)CS[C@@H]3C(N(C(C)=O)c4cccs4)C(=O)N3C2)n1C. The fraction of sp³-hybridized carbons (Fsp3) is 0.500. The molecule has 2 aromatic rings. The number of aliphatic carboxylic acids is 1. The number of carboxylic acid groups (broad SMARTS) is 1. The van der Waals surface area contributed by atoms with E-state index in [1.54, 1.807) is 20.0 Å². The molecule has 2 aromatic heterocycles. The first-order valence-corrected chi connectivity index (χ1v) is 13.3. The average molecular weight is 526 g/mol. The van der Waals surface area contributed by atoms with Crippen LogP contribution in [0.5, 0.6) is 0 Å². The van der Waals surface area contributed by atoms with Crippen LogP contribution in [-0.2, 0) is 26.2 Å². The number of β-lactam (4-membered cyclic amide) rings is 1. The number of rotatable bonds is 8. The van der Waals surface area contributed by atoms with Gasteiger partial charge in [0.05, 0.1) is 11.6 Å². The summed E-state index contributed by atoms with van der Waals surface area (Å²) in [5.74, 6) is -1.69. The maximum absolute atomic E-state index is 13.1. The molecule has 2 saturated heterocycles. The number of aromatic nitrogens is 3. The third-order valence-electron chi connectivity index (χ3n) is 5.70. The number of esters is 1. The van der Waals surface area contributed by atoms with Crippen molar-refractivity contribution in [3.8, 4) is 0 Å². The van der Waals surface area contributed by atoms with Crippen LogP contribution in [0.4, 0.5) is 5.00 Å². The molecule has 3 atom stereocenters. The van der Waals surface area contributed by atoms with E-state index in [-0.39, 0.29) is 47.7 Å². The van der Waals surface area contributed by atoms with Gasteiger partial charge in [0, 0.05) is 32.0 Å². The van der Waals surface area contributed by atoms with Gasteiger partial charge in [-0.05, 0) is 24.4 Å². The second kappa shape index (κ2) is 9.58. The third-order valence-corrected chi connectivity index (χ3v) is 9.45. The van der Waals surface area contributed by atoms with Gasteiger partial charge in [0.2, 0.25) is 17.6 Å². The maximum atomic E-state index is 13.1. The van der Waals surface area contributed by atoms with Gasteiger partial charge in [-0.25, -0.2) is 4.79 Å². The molecule has 2 aliphatic rings. The molecular formula is C20H23N5O6S3. The Morgan fingerprint density at radius 3 is 2.76 bits per heavy atom. The number of anilines is 1. The Hall–Kier alpha value is -2.58. The number of fused-ring (bicyclic) bond motifs is 1. The highest BCUT2D eigenvalue weighted by Crippen LogP contribution is 2.46. The predicted octanol–water partition coefficient (Wildman–Crippen LogP) is 1.55. The Morgan fingerprint density at radius 2 is 2.15 bits per heavy atom. The Bertz CT molecular complexity index is 1120. The Balaban J connectivity index is 1.48. The average Bonchev–Trinajstić information content (AvgIpc) is 3.45. The summed E-state index contributed by atoms with van der Waals surface area (Å²) in [5, 5.41) is 20.5. The monoisotopic (exact) mass is 525 g/mol. The first-order chi connectivity index (χ1) is 16.2. The minimum absolute atomic E-state index is 0.0289. The van der Waals surface area contributed by atoms with Gasteiger partial charge in [0.15, 0.2) is 5.16 Å². The summed E-state index contributed by atoms with van der Waals surface area (Å²) >= 11 is 3.90. The summed E-state index contributed by atoms with van der Waals surface area (Å²) in [7, 11) is 1.61. The number of nitrogens with zero attached hydrogens (tertiary/aromatic N) is 5. The summed E-state index contributed by atoms with van der Waals surface area (Å²) in [4.78, 5) is 52.7. The number of amides is 2. The zero-order chi connectivity index (χ0) is 24.6. The highest BCUT2D eigenvalue weighted by atomic mass is 32.2. The van der Waals surface area contributed by atoms with Crippen molar-refractivity contribution in [2.24, 2.45) is 12.5 Å². The van der Waals surface area contributed by atoms with Crippen molar-refractivity contribution < 1.29 is 29.0 Å². The van der Waals surface area contributed by atoms with E-state index < -0.39 is 23.4 Å². The fourth-order valence-electron chi connectivity index (χ4n) is 3.90. The van der Waals surface area contributed by atoms with E-state index in [0.29, 0.717) is 10.2 Å². The first kappa shape index (κ1) is 24.5. The molecule has 0 aromatic carbocycles. The predicted molar refractivity (Wildman–Crippen MR) is 127 cm³/mol. The van der Waals surface area contributed by atoms with Crippen LogP contribution in [0.15, 0.2) is 22.7 Å². The van der Waals surface area contributed by atoms with Crippen LogP contribution >= 0.6 is 34.9 Å². The van der Waals surface area contributed by atoms with Crippen molar-refractivity contribution in [2.45, 2.75) is 30.4 Å². The van der Waals surface area contributed by atoms with E-state index in [2.05, 4.69) is 10.2 Å². The topological polar surface area (TPSA) is 135 Å². The van der Waals surface area contributed by atoms with Crippen LogP contribution in [0, 0.1) is 5.41 Å². The lowest BCUT2D eigenvalue weighted by Gasteiger charge is -2.55. The van der Waals surface area contributed by atoms with Gasteiger partial charge in [-0.1, -0.05) is 11.8 Å². The standard InChI is InChI=1S/C20H23N5O6S3/c1-4-31-17(28)14-21-22-19(23(14)3)34-10-20(18(29)30)8-24-15(27)13(16(24)33-9-20)25(11(2)26)12-6-5-7-32-12/h5-7,13,16H,4,8-10H2,1-3H3,(H,29,30)/t13?,16-,20?/m1/s1. The number of carbonyl (C=O) groups excluding carboxylic acids is 3. The molecule has 4 rings (SSSR count). The lowest BCUT2D eigenvalue weighted by Crippen LogP contribution is -2.74. The number of carbonyl (C=O) groups is 4. The number of ether oxygens (including phenoxy) is 1.